The SMILES string of the molecule is O=C(Nc1ccnn1Cc1cc(Br)cs1)c1ccccc1. The predicted molar refractivity (Wildman–Crippen MR) is 87.7 cm³/mol. The maximum absolute atomic E-state index is 12.2. The summed E-state index contributed by atoms with van der Waals surface area (Å²) in [6, 6.07) is 13.0. The van der Waals surface area contributed by atoms with Crippen LogP contribution in [0.15, 0.2) is 58.5 Å². The second kappa shape index (κ2) is 6.24. The molecule has 0 saturated carbocycles. The van der Waals surface area contributed by atoms with Gasteiger partial charge in [0.05, 0.1) is 12.7 Å². The van der Waals surface area contributed by atoms with Gasteiger partial charge >= 0.3 is 0 Å². The lowest BCUT2D eigenvalue weighted by Crippen LogP contribution is -2.15. The van der Waals surface area contributed by atoms with E-state index in [1.54, 1.807) is 40.4 Å². The fourth-order valence-electron chi connectivity index (χ4n) is 1.93. The zero-order valence-corrected chi connectivity index (χ0v) is 13.4. The number of nitrogens with one attached hydrogen (secondary N) is 1. The van der Waals surface area contributed by atoms with Crippen molar-refractivity contribution in [3.8, 4) is 0 Å². The van der Waals surface area contributed by atoms with Crippen LogP contribution in [0.2, 0.25) is 0 Å². The fourth-order valence-corrected chi connectivity index (χ4v) is 3.36. The molecule has 106 valence electrons. The molecule has 2 aromatic heterocycles. The Bertz CT molecular complexity index is 751. The Morgan fingerprint density at radius 1 is 1.29 bits per heavy atom. The van der Waals surface area contributed by atoms with Crippen molar-refractivity contribution in [2.24, 2.45) is 0 Å². The molecular formula is C15H12BrN3OS. The number of benzene rings is 1. The maximum atomic E-state index is 12.2. The average Bonchev–Trinajstić information content (AvgIpc) is 3.10. The molecular weight excluding hydrogens is 350 g/mol. The largest absolute Gasteiger partial charge is 0.307 e. The van der Waals surface area contributed by atoms with Crippen LogP contribution in [0.25, 0.3) is 0 Å². The van der Waals surface area contributed by atoms with E-state index in [0.717, 1.165) is 4.47 Å². The van der Waals surface area contributed by atoms with Crippen LogP contribution < -0.4 is 5.32 Å². The zero-order chi connectivity index (χ0) is 14.7. The number of aromatic nitrogens is 2. The molecule has 21 heavy (non-hydrogen) atoms. The summed E-state index contributed by atoms with van der Waals surface area (Å²) in [5, 5.41) is 9.18. The Kier molecular flexibility index (Phi) is 4.17. The van der Waals surface area contributed by atoms with Gasteiger partial charge < -0.3 is 5.32 Å². The normalized spacial score (nSPS) is 10.5. The second-order valence-electron chi connectivity index (χ2n) is 4.43. The number of hydrogen-bond acceptors (Lipinski definition) is 3. The molecule has 0 unspecified atom stereocenters. The number of carbonyl (C=O) groups is 1. The Morgan fingerprint density at radius 3 is 2.81 bits per heavy atom. The lowest BCUT2D eigenvalue weighted by molar-refractivity contribution is 0.102. The summed E-state index contributed by atoms with van der Waals surface area (Å²) < 4.78 is 2.84. The highest BCUT2D eigenvalue weighted by molar-refractivity contribution is 9.10. The van der Waals surface area contributed by atoms with Crippen molar-refractivity contribution in [1.82, 2.24) is 9.78 Å². The van der Waals surface area contributed by atoms with Gasteiger partial charge in [-0.15, -0.1) is 11.3 Å². The minimum absolute atomic E-state index is 0.135. The molecule has 6 heteroatoms. The third-order valence-corrected chi connectivity index (χ3v) is 4.60. The molecule has 3 aromatic rings. The monoisotopic (exact) mass is 361 g/mol. The number of nitrogens with zero attached hydrogens (tertiary/aromatic N) is 2. The molecule has 1 amide bonds. The van der Waals surface area contributed by atoms with Gasteiger partial charge in [0.2, 0.25) is 0 Å². The first-order valence-electron chi connectivity index (χ1n) is 6.33. The van der Waals surface area contributed by atoms with Crippen LogP contribution in [-0.4, -0.2) is 15.7 Å². The van der Waals surface area contributed by atoms with Gasteiger partial charge in [0, 0.05) is 26.4 Å². The number of thiophene rings is 1. The van der Waals surface area contributed by atoms with Gasteiger partial charge in [0.25, 0.3) is 5.91 Å². The first-order chi connectivity index (χ1) is 10.2. The molecule has 0 aliphatic heterocycles. The van der Waals surface area contributed by atoms with Gasteiger partial charge in [0.15, 0.2) is 0 Å². The lowest BCUT2D eigenvalue weighted by atomic mass is 10.2. The van der Waals surface area contributed by atoms with Crippen molar-refractivity contribution < 1.29 is 4.79 Å². The summed E-state index contributed by atoms with van der Waals surface area (Å²) in [6.45, 7) is 0.633. The number of carbonyl (C=O) groups excluding carboxylic acids is 1. The van der Waals surface area contributed by atoms with Crippen LogP contribution in [-0.2, 0) is 6.54 Å². The van der Waals surface area contributed by atoms with Crippen LogP contribution >= 0.6 is 27.3 Å². The van der Waals surface area contributed by atoms with Gasteiger partial charge in [-0.1, -0.05) is 18.2 Å². The Balaban J connectivity index is 1.75. The highest BCUT2D eigenvalue weighted by Gasteiger charge is 2.10. The van der Waals surface area contributed by atoms with Crippen molar-refractivity contribution in [3.63, 3.8) is 0 Å². The standard InChI is InChI=1S/C15H12BrN3OS/c16-12-8-13(21-10-12)9-19-14(6-7-17-19)18-15(20)11-4-2-1-3-5-11/h1-8,10H,9H2,(H,18,20). The van der Waals surface area contributed by atoms with Gasteiger partial charge in [-0.25, -0.2) is 4.68 Å². The molecule has 0 saturated heterocycles. The van der Waals surface area contributed by atoms with Crippen molar-refractivity contribution in [1.29, 1.82) is 0 Å². The first-order valence-corrected chi connectivity index (χ1v) is 8.01. The van der Waals surface area contributed by atoms with Crippen LogP contribution in [0.3, 0.4) is 0 Å². The van der Waals surface area contributed by atoms with E-state index in [2.05, 4.69) is 32.4 Å². The molecule has 1 aromatic carbocycles. The van der Waals surface area contributed by atoms with Gasteiger partial charge in [0.1, 0.15) is 5.82 Å². The minimum Gasteiger partial charge on any atom is -0.307 e. The predicted octanol–water partition coefficient (Wildman–Crippen LogP) is 4.01. The van der Waals surface area contributed by atoms with Crippen molar-refractivity contribution in [2.75, 3.05) is 5.32 Å². The van der Waals surface area contributed by atoms with E-state index in [0.29, 0.717) is 17.9 Å². The summed E-state index contributed by atoms with van der Waals surface area (Å²) in [5.74, 6) is 0.554. The highest BCUT2D eigenvalue weighted by atomic mass is 79.9. The molecule has 0 atom stereocenters. The summed E-state index contributed by atoms with van der Waals surface area (Å²) in [4.78, 5) is 13.3. The van der Waals surface area contributed by atoms with Crippen molar-refractivity contribution >= 4 is 39.0 Å². The highest BCUT2D eigenvalue weighted by Crippen LogP contribution is 2.21. The third-order valence-electron chi connectivity index (χ3n) is 2.92. The number of hydrogen-bond donors (Lipinski definition) is 1. The fraction of sp³-hybridized carbons (Fsp3) is 0.0667. The third kappa shape index (κ3) is 3.40. The van der Waals surface area contributed by atoms with E-state index in [1.165, 1.54) is 4.88 Å². The Labute approximate surface area is 134 Å². The van der Waals surface area contributed by atoms with Gasteiger partial charge in [-0.05, 0) is 34.1 Å². The van der Waals surface area contributed by atoms with Gasteiger partial charge in [-0.3, -0.25) is 4.79 Å². The number of halogens is 1. The van der Waals surface area contributed by atoms with Crippen LogP contribution in [0.5, 0.6) is 0 Å². The lowest BCUT2D eigenvalue weighted by Gasteiger charge is -2.08. The quantitative estimate of drug-likeness (QED) is 0.762. The zero-order valence-electron chi connectivity index (χ0n) is 11.0. The Hall–Kier alpha value is -1.92. The molecule has 0 fully saturated rings. The summed E-state index contributed by atoms with van der Waals surface area (Å²) in [5.41, 5.74) is 0.629. The molecule has 0 aliphatic carbocycles. The van der Waals surface area contributed by atoms with Crippen LogP contribution in [0.4, 0.5) is 5.82 Å². The summed E-state index contributed by atoms with van der Waals surface area (Å²) >= 11 is 5.09. The molecule has 0 spiro atoms. The first kappa shape index (κ1) is 14.0. The van der Waals surface area contributed by atoms with Crippen LogP contribution in [0, 0.1) is 0 Å². The summed E-state index contributed by atoms with van der Waals surface area (Å²) in [7, 11) is 0. The molecule has 3 rings (SSSR count). The molecule has 4 nitrogen and oxygen atoms in total. The molecule has 0 aliphatic rings. The smallest absolute Gasteiger partial charge is 0.256 e. The molecule has 1 N–H and O–H groups in total. The topological polar surface area (TPSA) is 46.9 Å². The number of rotatable bonds is 4. The molecule has 0 bridgehead atoms. The molecule has 0 radical (unpaired) electrons. The number of anilines is 1. The van der Waals surface area contributed by atoms with Gasteiger partial charge in [-0.2, -0.15) is 5.10 Å². The van der Waals surface area contributed by atoms with Crippen LogP contribution in [0.1, 0.15) is 15.2 Å². The van der Waals surface area contributed by atoms with E-state index in [9.17, 15) is 4.79 Å². The minimum atomic E-state index is -0.135. The molecule has 2 heterocycles. The second-order valence-corrected chi connectivity index (χ2v) is 6.34. The van der Waals surface area contributed by atoms with E-state index in [1.807, 2.05) is 23.6 Å². The van der Waals surface area contributed by atoms with Crippen molar-refractivity contribution in [2.45, 2.75) is 6.54 Å². The summed E-state index contributed by atoms with van der Waals surface area (Å²) in [6.07, 6.45) is 1.68. The van der Waals surface area contributed by atoms with Crippen molar-refractivity contribution in [3.05, 3.63) is 69.0 Å². The van der Waals surface area contributed by atoms with E-state index in [-0.39, 0.29) is 5.91 Å². The average molecular weight is 362 g/mol. The van der Waals surface area contributed by atoms with E-state index >= 15 is 0 Å². The number of amides is 1. The van der Waals surface area contributed by atoms with E-state index < -0.39 is 0 Å². The van der Waals surface area contributed by atoms with E-state index in [4.69, 9.17) is 0 Å². The maximum Gasteiger partial charge on any atom is 0.256 e. The Morgan fingerprint density at radius 2 is 2.10 bits per heavy atom.